The van der Waals surface area contributed by atoms with Gasteiger partial charge in [-0.1, -0.05) is 18.7 Å². The number of piperidine rings is 2. The molecule has 0 bridgehead atoms. The number of benzene rings is 2. The van der Waals surface area contributed by atoms with E-state index in [1.807, 2.05) is 42.5 Å². The summed E-state index contributed by atoms with van der Waals surface area (Å²) in [6.07, 6.45) is 6.80. The number of rotatable bonds is 12. The maximum atomic E-state index is 13.2. The Morgan fingerprint density at radius 2 is 1.71 bits per heavy atom. The number of likely N-dealkylation sites (tertiary alicyclic amines) is 1. The zero-order chi connectivity index (χ0) is 32.0. The van der Waals surface area contributed by atoms with Crippen LogP contribution in [0.15, 0.2) is 53.9 Å². The number of nitrogens with one attached hydrogen (secondary N) is 1. The fourth-order valence-electron chi connectivity index (χ4n) is 6.57. The molecule has 3 N–H and O–H groups in total. The van der Waals surface area contributed by atoms with Crippen molar-refractivity contribution in [2.45, 2.75) is 49.8 Å². The van der Waals surface area contributed by atoms with E-state index in [4.69, 9.17) is 5.73 Å². The van der Waals surface area contributed by atoms with Crippen molar-refractivity contribution in [1.29, 1.82) is 0 Å². The summed E-state index contributed by atoms with van der Waals surface area (Å²) in [5.74, 6) is 0.147. The summed E-state index contributed by atoms with van der Waals surface area (Å²) in [6.45, 7) is 9.00. The number of anilines is 2. The fourth-order valence-corrected chi connectivity index (χ4v) is 7.63. The first-order chi connectivity index (χ1) is 21.7. The number of hydrogen-bond acceptors (Lipinski definition) is 9. The minimum Gasteiger partial charge on any atom is -0.399 e. The van der Waals surface area contributed by atoms with Gasteiger partial charge < -0.3 is 20.3 Å². The molecular formula is C34H44N6O4S. The second kappa shape index (κ2) is 14.5. The average Bonchev–Trinajstić information content (AvgIpc) is 3.03. The minimum absolute atomic E-state index is 0.0702. The molecule has 3 heterocycles. The molecule has 5 rings (SSSR count). The maximum Gasteiger partial charge on any atom is 0.238 e. The van der Waals surface area contributed by atoms with Crippen molar-refractivity contribution in [2.24, 2.45) is 11.3 Å². The predicted molar refractivity (Wildman–Crippen MR) is 178 cm³/mol. The number of carbonyl (C=O) groups is 4. The molecule has 1 spiro atoms. The Kier molecular flexibility index (Phi) is 10.5. The van der Waals surface area contributed by atoms with Gasteiger partial charge in [-0.05, 0) is 79.8 Å². The molecule has 3 saturated heterocycles. The van der Waals surface area contributed by atoms with Gasteiger partial charge >= 0.3 is 0 Å². The van der Waals surface area contributed by atoms with Gasteiger partial charge in [-0.3, -0.25) is 24.8 Å². The van der Waals surface area contributed by atoms with E-state index in [2.05, 4.69) is 26.1 Å². The van der Waals surface area contributed by atoms with Crippen molar-refractivity contribution in [3.8, 4) is 0 Å². The van der Waals surface area contributed by atoms with Gasteiger partial charge in [0.15, 0.2) is 6.29 Å². The molecule has 240 valence electrons. The Balaban J connectivity index is 1.11. The lowest BCUT2D eigenvalue weighted by molar-refractivity contribution is -0.141. The summed E-state index contributed by atoms with van der Waals surface area (Å²) < 4.78 is 2.24. The van der Waals surface area contributed by atoms with E-state index >= 15 is 0 Å². The Bertz CT molecular complexity index is 1390. The Hall–Kier alpha value is -3.83. The maximum absolute atomic E-state index is 13.2. The van der Waals surface area contributed by atoms with Crippen molar-refractivity contribution < 1.29 is 19.2 Å². The number of hydrogen-bond donors (Lipinski definition) is 2. The first kappa shape index (κ1) is 32.6. The van der Waals surface area contributed by atoms with E-state index in [0.29, 0.717) is 29.7 Å². The Morgan fingerprint density at radius 1 is 1.04 bits per heavy atom. The van der Waals surface area contributed by atoms with Crippen LogP contribution in [-0.2, 0) is 14.4 Å². The van der Waals surface area contributed by atoms with Gasteiger partial charge in [-0.15, -0.1) is 0 Å². The van der Waals surface area contributed by atoms with Crippen molar-refractivity contribution in [2.75, 3.05) is 56.9 Å². The highest BCUT2D eigenvalue weighted by Crippen LogP contribution is 2.43. The van der Waals surface area contributed by atoms with E-state index in [1.54, 1.807) is 19.0 Å². The number of nitrogens with two attached hydrogens (primary N) is 1. The molecule has 0 atom stereocenters. The summed E-state index contributed by atoms with van der Waals surface area (Å²) in [7, 11) is 1.70. The van der Waals surface area contributed by atoms with Crippen LogP contribution < -0.4 is 16.1 Å². The first-order valence-electron chi connectivity index (χ1n) is 15.8. The standard InChI is InChI=1S/C34H44N6O4S/c1-25(37(2)36-32(43)8-3-4-21-41)29-6-5-7-31(30(29)24-42)38-17-13-34(14-18-38)15-19-39(20-16-34)33(44)26-22-40(23-26)45-28-11-9-27(35)10-12-28/h5-7,9-12,21,24,26H,1,3-4,8,13-20,22-23,35H2,2H3,(H,36,43). The van der Waals surface area contributed by atoms with Gasteiger partial charge in [0.05, 0.1) is 11.6 Å². The molecule has 3 fully saturated rings. The molecule has 0 aliphatic carbocycles. The summed E-state index contributed by atoms with van der Waals surface area (Å²) in [5, 5.41) is 1.54. The third-order valence-corrected chi connectivity index (χ3v) is 10.6. The van der Waals surface area contributed by atoms with Crippen LogP contribution in [0.2, 0.25) is 0 Å². The van der Waals surface area contributed by atoms with Crippen LogP contribution in [0.5, 0.6) is 0 Å². The van der Waals surface area contributed by atoms with Crippen molar-refractivity contribution in [3.05, 3.63) is 60.2 Å². The molecule has 0 radical (unpaired) electrons. The molecule has 45 heavy (non-hydrogen) atoms. The van der Waals surface area contributed by atoms with Crippen LogP contribution in [0, 0.1) is 11.3 Å². The van der Waals surface area contributed by atoms with Gasteiger partial charge in [0.1, 0.15) is 6.29 Å². The molecule has 2 aromatic rings. The number of aldehydes is 2. The highest BCUT2D eigenvalue weighted by Gasteiger charge is 2.42. The summed E-state index contributed by atoms with van der Waals surface area (Å²) in [5.41, 5.74) is 12.2. The largest absolute Gasteiger partial charge is 0.399 e. The van der Waals surface area contributed by atoms with Crippen molar-refractivity contribution >= 4 is 53.4 Å². The second-order valence-electron chi connectivity index (χ2n) is 12.5. The lowest BCUT2D eigenvalue weighted by Crippen LogP contribution is -2.55. The van der Waals surface area contributed by atoms with Gasteiger partial charge in [0.25, 0.3) is 0 Å². The van der Waals surface area contributed by atoms with Crippen LogP contribution in [0.4, 0.5) is 11.4 Å². The molecule has 2 amide bonds. The van der Waals surface area contributed by atoms with E-state index in [1.165, 1.54) is 5.01 Å². The number of nitrogen functional groups attached to an aromatic ring is 1. The number of nitrogens with zero attached hydrogens (tertiary/aromatic N) is 4. The number of carbonyl (C=O) groups excluding carboxylic acids is 4. The molecule has 0 aromatic heterocycles. The predicted octanol–water partition coefficient (Wildman–Crippen LogP) is 4.23. The molecule has 3 aliphatic heterocycles. The van der Waals surface area contributed by atoms with Crippen LogP contribution >= 0.6 is 11.9 Å². The molecule has 3 aliphatic rings. The van der Waals surface area contributed by atoms with Crippen LogP contribution in [0.25, 0.3) is 5.70 Å². The Morgan fingerprint density at radius 3 is 2.36 bits per heavy atom. The van der Waals surface area contributed by atoms with E-state index in [9.17, 15) is 19.2 Å². The average molecular weight is 633 g/mol. The van der Waals surface area contributed by atoms with E-state index in [0.717, 1.165) is 93.8 Å². The highest BCUT2D eigenvalue weighted by molar-refractivity contribution is 7.97. The third-order valence-electron chi connectivity index (χ3n) is 9.55. The van der Waals surface area contributed by atoms with Crippen LogP contribution in [-0.4, -0.2) is 84.9 Å². The normalized spacial score (nSPS) is 18.2. The quantitative estimate of drug-likeness (QED) is 0.117. The fraction of sp³-hybridized carbons (Fsp3) is 0.471. The molecule has 0 unspecified atom stereocenters. The van der Waals surface area contributed by atoms with Crippen LogP contribution in [0.3, 0.4) is 0 Å². The zero-order valence-corrected chi connectivity index (χ0v) is 26.9. The number of hydrazine groups is 1. The smallest absolute Gasteiger partial charge is 0.238 e. The zero-order valence-electron chi connectivity index (χ0n) is 26.1. The lowest BCUT2D eigenvalue weighted by Gasteiger charge is -2.49. The van der Waals surface area contributed by atoms with Gasteiger partial charge in [0.2, 0.25) is 11.8 Å². The summed E-state index contributed by atoms with van der Waals surface area (Å²) >= 11 is 1.68. The second-order valence-corrected chi connectivity index (χ2v) is 13.6. The van der Waals surface area contributed by atoms with Gasteiger partial charge in [0, 0.05) is 86.6 Å². The first-order valence-corrected chi connectivity index (χ1v) is 16.6. The SMILES string of the molecule is C=C(c1cccc(N2CCC3(CCN(C(=O)C4CN(Sc5ccc(N)cc5)C4)CC3)CC2)c1C=O)N(C)NC(=O)CCCC=O. The summed E-state index contributed by atoms with van der Waals surface area (Å²) in [6, 6.07) is 13.6. The number of amides is 2. The molecule has 0 saturated carbocycles. The van der Waals surface area contributed by atoms with Crippen molar-refractivity contribution in [1.82, 2.24) is 19.6 Å². The molecule has 11 heteroatoms. The van der Waals surface area contributed by atoms with Crippen LogP contribution in [0.1, 0.15) is 60.9 Å². The number of unbranched alkanes of at least 4 members (excludes halogenated alkanes) is 1. The molecule has 10 nitrogen and oxygen atoms in total. The minimum atomic E-state index is -0.207. The third kappa shape index (κ3) is 7.70. The lowest BCUT2D eigenvalue weighted by atomic mass is 9.71. The van der Waals surface area contributed by atoms with Crippen molar-refractivity contribution in [3.63, 3.8) is 0 Å². The van der Waals surface area contributed by atoms with E-state index in [-0.39, 0.29) is 29.6 Å². The van der Waals surface area contributed by atoms with E-state index < -0.39 is 0 Å². The van der Waals surface area contributed by atoms with Gasteiger partial charge in [-0.2, -0.15) is 0 Å². The topological polar surface area (TPSA) is 119 Å². The molecule has 2 aromatic carbocycles. The summed E-state index contributed by atoms with van der Waals surface area (Å²) in [4.78, 5) is 53.9. The van der Waals surface area contributed by atoms with Gasteiger partial charge in [-0.25, -0.2) is 4.31 Å². The Labute approximate surface area is 270 Å². The monoisotopic (exact) mass is 632 g/mol. The molecular weight excluding hydrogens is 588 g/mol. The highest BCUT2D eigenvalue weighted by atomic mass is 32.2.